The molecule has 0 saturated heterocycles. The summed E-state index contributed by atoms with van der Waals surface area (Å²) in [5.41, 5.74) is 0. The van der Waals surface area contributed by atoms with Crippen LogP contribution in [-0.4, -0.2) is 38.6 Å². The lowest BCUT2D eigenvalue weighted by Gasteiger charge is -2.19. The van der Waals surface area contributed by atoms with Crippen molar-refractivity contribution in [2.24, 2.45) is 0 Å². The molecule has 0 aromatic carbocycles. The fraction of sp³-hybridized carbons (Fsp3) is 0.750. The highest BCUT2D eigenvalue weighted by Crippen LogP contribution is 2.03. The highest BCUT2D eigenvalue weighted by atomic mass is 32.2. The summed E-state index contributed by atoms with van der Waals surface area (Å²) < 4.78 is 11.3. The summed E-state index contributed by atoms with van der Waals surface area (Å²) in [4.78, 5) is 21.3. The number of amides is 1. The monoisotopic (exact) mass is 221 g/mol. The SMILES string of the molecule is CC(=O)N[C@@H](C[S+]([O-])C(C)C)C(=O)O. The van der Waals surface area contributed by atoms with Gasteiger partial charge in [-0.25, -0.2) is 4.79 Å². The molecule has 0 aliphatic rings. The first-order valence-corrected chi connectivity index (χ1v) is 5.60. The molecular formula is C8H15NO4S. The third-order valence-electron chi connectivity index (χ3n) is 1.53. The summed E-state index contributed by atoms with van der Waals surface area (Å²) in [7, 11) is 0. The van der Waals surface area contributed by atoms with Crippen molar-refractivity contribution in [3.8, 4) is 0 Å². The van der Waals surface area contributed by atoms with Gasteiger partial charge in [0.15, 0.2) is 6.04 Å². The van der Waals surface area contributed by atoms with Crippen molar-refractivity contribution in [1.82, 2.24) is 5.32 Å². The Balaban J connectivity index is 4.23. The second-order valence-corrected chi connectivity index (χ2v) is 5.23. The van der Waals surface area contributed by atoms with Gasteiger partial charge in [0.2, 0.25) is 5.91 Å². The van der Waals surface area contributed by atoms with E-state index in [0.29, 0.717) is 0 Å². The highest BCUT2D eigenvalue weighted by molar-refractivity contribution is 7.92. The van der Waals surface area contributed by atoms with Gasteiger partial charge in [0.05, 0.1) is 0 Å². The zero-order valence-corrected chi connectivity index (χ0v) is 9.26. The van der Waals surface area contributed by atoms with Crippen molar-refractivity contribution >= 4 is 23.1 Å². The van der Waals surface area contributed by atoms with E-state index in [1.165, 1.54) is 6.92 Å². The predicted octanol–water partition coefficient (Wildman–Crippen LogP) is -0.267. The molecule has 0 bridgehead atoms. The third kappa shape index (κ3) is 5.08. The molecule has 2 atom stereocenters. The minimum Gasteiger partial charge on any atom is -0.616 e. The summed E-state index contributed by atoms with van der Waals surface area (Å²) >= 11 is -1.23. The zero-order valence-electron chi connectivity index (χ0n) is 8.44. The van der Waals surface area contributed by atoms with E-state index in [4.69, 9.17) is 5.11 Å². The van der Waals surface area contributed by atoms with E-state index in [1.807, 2.05) is 0 Å². The largest absolute Gasteiger partial charge is 0.616 e. The molecule has 2 N–H and O–H groups in total. The van der Waals surface area contributed by atoms with Crippen molar-refractivity contribution in [2.45, 2.75) is 32.1 Å². The molecule has 0 rings (SSSR count). The smallest absolute Gasteiger partial charge is 0.331 e. The molecule has 82 valence electrons. The molecular weight excluding hydrogens is 206 g/mol. The first kappa shape index (κ1) is 13.2. The quantitative estimate of drug-likeness (QED) is 0.625. The Labute approximate surface area is 86.1 Å². The fourth-order valence-electron chi connectivity index (χ4n) is 0.777. The average Bonchev–Trinajstić information content (AvgIpc) is 2.01. The number of aliphatic carboxylic acids is 1. The lowest BCUT2D eigenvalue weighted by Crippen LogP contribution is -2.45. The number of hydrogen-bond donors (Lipinski definition) is 2. The molecule has 0 aliphatic heterocycles. The van der Waals surface area contributed by atoms with Crippen molar-refractivity contribution in [1.29, 1.82) is 0 Å². The van der Waals surface area contributed by atoms with Gasteiger partial charge in [0, 0.05) is 6.92 Å². The molecule has 0 spiro atoms. The van der Waals surface area contributed by atoms with Crippen LogP contribution < -0.4 is 5.32 Å². The molecule has 0 aromatic heterocycles. The number of carbonyl (C=O) groups excluding carboxylic acids is 1. The molecule has 0 radical (unpaired) electrons. The summed E-state index contributed by atoms with van der Waals surface area (Å²) in [6, 6.07) is -1.06. The maximum absolute atomic E-state index is 11.3. The van der Waals surface area contributed by atoms with Crippen molar-refractivity contribution in [3.05, 3.63) is 0 Å². The normalized spacial score (nSPS) is 14.9. The van der Waals surface area contributed by atoms with E-state index in [9.17, 15) is 14.1 Å². The van der Waals surface area contributed by atoms with Gasteiger partial charge in [-0.3, -0.25) is 4.79 Å². The molecule has 0 aromatic rings. The molecule has 5 nitrogen and oxygen atoms in total. The number of carbonyl (C=O) groups is 2. The van der Waals surface area contributed by atoms with E-state index in [-0.39, 0.29) is 11.0 Å². The first-order valence-electron chi connectivity index (χ1n) is 4.21. The molecule has 0 saturated carbocycles. The van der Waals surface area contributed by atoms with Crippen LogP contribution in [0.2, 0.25) is 0 Å². The van der Waals surface area contributed by atoms with Crippen LogP contribution >= 0.6 is 0 Å². The van der Waals surface area contributed by atoms with Gasteiger partial charge in [-0.2, -0.15) is 0 Å². The molecule has 0 fully saturated rings. The summed E-state index contributed by atoms with van der Waals surface area (Å²) in [5.74, 6) is -1.64. The van der Waals surface area contributed by atoms with E-state index >= 15 is 0 Å². The van der Waals surface area contributed by atoms with E-state index < -0.39 is 29.1 Å². The Morgan fingerprint density at radius 2 is 2.00 bits per heavy atom. The molecule has 1 unspecified atom stereocenters. The van der Waals surface area contributed by atoms with E-state index in [1.54, 1.807) is 13.8 Å². The third-order valence-corrected chi connectivity index (χ3v) is 3.25. The summed E-state index contributed by atoms with van der Waals surface area (Å²) in [6.45, 7) is 4.71. The van der Waals surface area contributed by atoms with Gasteiger partial charge in [-0.05, 0) is 25.0 Å². The van der Waals surface area contributed by atoms with Gasteiger partial charge in [0.25, 0.3) is 0 Å². The van der Waals surface area contributed by atoms with Crippen LogP contribution in [0.5, 0.6) is 0 Å². The standard InChI is InChI=1S/C8H15NO4S/c1-5(2)14(13)4-7(8(11)12)9-6(3)10/h5,7H,4H2,1-3H3,(H,9,10)(H,11,12)/t7-,14?/m0/s1. The summed E-state index contributed by atoms with van der Waals surface area (Å²) in [6.07, 6.45) is 0. The van der Waals surface area contributed by atoms with Gasteiger partial charge in [-0.1, -0.05) is 0 Å². The maximum atomic E-state index is 11.3. The predicted molar refractivity (Wildman–Crippen MR) is 53.4 cm³/mol. The first-order chi connectivity index (χ1) is 6.34. The van der Waals surface area contributed by atoms with E-state index in [2.05, 4.69) is 5.32 Å². The Hall–Kier alpha value is -0.750. The minimum absolute atomic E-state index is 0.0490. The lowest BCUT2D eigenvalue weighted by molar-refractivity contribution is -0.140. The number of carboxylic acid groups (broad SMARTS) is 1. The van der Waals surface area contributed by atoms with E-state index in [0.717, 1.165) is 0 Å². The van der Waals surface area contributed by atoms with Crippen molar-refractivity contribution in [2.75, 3.05) is 5.75 Å². The highest BCUT2D eigenvalue weighted by Gasteiger charge is 2.26. The zero-order chi connectivity index (χ0) is 11.3. The maximum Gasteiger partial charge on any atom is 0.331 e. The van der Waals surface area contributed by atoms with Crippen LogP contribution in [0.4, 0.5) is 0 Å². The van der Waals surface area contributed by atoms with Crippen LogP contribution in [0.3, 0.4) is 0 Å². The van der Waals surface area contributed by atoms with Crippen LogP contribution in [0.1, 0.15) is 20.8 Å². The van der Waals surface area contributed by atoms with Gasteiger partial charge < -0.3 is 15.0 Å². The van der Waals surface area contributed by atoms with Crippen LogP contribution in [0.25, 0.3) is 0 Å². The topological polar surface area (TPSA) is 89.5 Å². The Morgan fingerprint density at radius 1 is 1.50 bits per heavy atom. The molecule has 0 aliphatic carbocycles. The van der Waals surface area contributed by atoms with Crippen LogP contribution in [0.15, 0.2) is 0 Å². The summed E-state index contributed by atoms with van der Waals surface area (Å²) in [5, 5.41) is 10.8. The minimum atomic E-state index is -1.23. The Kier molecular flexibility index (Phi) is 5.56. The van der Waals surface area contributed by atoms with Crippen molar-refractivity contribution in [3.63, 3.8) is 0 Å². The van der Waals surface area contributed by atoms with Gasteiger partial charge in [0.1, 0.15) is 11.0 Å². The fourth-order valence-corrected chi connectivity index (χ4v) is 1.72. The van der Waals surface area contributed by atoms with Gasteiger partial charge >= 0.3 is 5.97 Å². The number of nitrogens with one attached hydrogen (secondary N) is 1. The molecule has 0 heterocycles. The van der Waals surface area contributed by atoms with Gasteiger partial charge in [-0.15, -0.1) is 0 Å². The molecule has 6 heteroatoms. The Bertz CT molecular complexity index is 219. The lowest BCUT2D eigenvalue weighted by atomic mass is 10.3. The second kappa shape index (κ2) is 5.87. The van der Waals surface area contributed by atoms with Crippen LogP contribution in [0, 0.1) is 0 Å². The second-order valence-electron chi connectivity index (χ2n) is 3.19. The number of hydrogen-bond acceptors (Lipinski definition) is 3. The van der Waals surface area contributed by atoms with Crippen molar-refractivity contribution < 1.29 is 19.2 Å². The van der Waals surface area contributed by atoms with Crippen LogP contribution in [-0.2, 0) is 20.8 Å². The molecule has 1 amide bonds. The number of carboxylic acids is 1. The molecule has 14 heavy (non-hydrogen) atoms. The Morgan fingerprint density at radius 3 is 2.29 bits per heavy atom. The number of rotatable bonds is 5. The average molecular weight is 221 g/mol.